The normalized spacial score (nSPS) is 17.8. The molecule has 0 aliphatic heterocycles. The molecule has 2 aromatic carbocycles. The van der Waals surface area contributed by atoms with Crippen LogP contribution < -0.4 is 10.5 Å². The van der Waals surface area contributed by atoms with Crippen LogP contribution in [0.15, 0.2) is 36.4 Å². The SMILES string of the molecule is COc1ccc2cc(C(N)C3CCCC3)ccc2c1. The summed E-state index contributed by atoms with van der Waals surface area (Å²) < 4.78 is 5.26. The van der Waals surface area contributed by atoms with Gasteiger partial charge in [0.1, 0.15) is 5.75 Å². The topological polar surface area (TPSA) is 35.2 Å². The fourth-order valence-corrected chi connectivity index (χ4v) is 3.17. The van der Waals surface area contributed by atoms with Crippen LogP contribution in [0.5, 0.6) is 5.75 Å². The molecule has 2 nitrogen and oxygen atoms in total. The van der Waals surface area contributed by atoms with Gasteiger partial charge in [0.25, 0.3) is 0 Å². The van der Waals surface area contributed by atoms with Crippen molar-refractivity contribution in [3.8, 4) is 5.75 Å². The lowest BCUT2D eigenvalue weighted by molar-refractivity contribution is 0.415. The second kappa shape index (κ2) is 5.22. The van der Waals surface area contributed by atoms with E-state index in [1.54, 1.807) is 7.11 Å². The molecule has 0 spiro atoms. The van der Waals surface area contributed by atoms with Crippen molar-refractivity contribution in [3.63, 3.8) is 0 Å². The third kappa shape index (κ3) is 2.45. The average Bonchev–Trinajstić information content (AvgIpc) is 2.99. The predicted molar refractivity (Wildman–Crippen MR) is 79.4 cm³/mol. The highest BCUT2D eigenvalue weighted by Crippen LogP contribution is 2.35. The molecule has 1 fully saturated rings. The Morgan fingerprint density at radius 3 is 2.47 bits per heavy atom. The average molecular weight is 255 g/mol. The van der Waals surface area contributed by atoms with Crippen molar-refractivity contribution in [1.29, 1.82) is 0 Å². The number of nitrogens with two attached hydrogens (primary N) is 1. The highest BCUT2D eigenvalue weighted by atomic mass is 16.5. The maximum Gasteiger partial charge on any atom is 0.119 e. The Balaban J connectivity index is 1.92. The molecule has 19 heavy (non-hydrogen) atoms. The molecular weight excluding hydrogens is 234 g/mol. The lowest BCUT2D eigenvalue weighted by Crippen LogP contribution is -2.18. The maximum atomic E-state index is 6.42. The van der Waals surface area contributed by atoms with Gasteiger partial charge in [0.15, 0.2) is 0 Å². The zero-order valence-corrected chi connectivity index (χ0v) is 11.4. The van der Waals surface area contributed by atoms with E-state index < -0.39 is 0 Å². The van der Waals surface area contributed by atoms with Crippen LogP contribution in [0.3, 0.4) is 0 Å². The van der Waals surface area contributed by atoms with Crippen LogP contribution in [0.1, 0.15) is 37.3 Å². The Morgan fingerprint density at radius 1 is 1.05 bits per heavy atom. The smallest absolute Gasteiger partial charge is 0.119 e. The molecule has 1 aliphatic rings. The number of benzene rings is 2. The molecular formula is C17H21NO. The molecule has 0 saturated heterocycles. The Kier molecular flexibility index (Phi) is 3.43. The second-order valence-corrected chi connectivity index (χ2v) is 5.54. The molecule has 2 aromatic rings. The minimum Gasteiger partial charge on any atom is -0.497 e. The quantitative estimate of drug-likeness (QED) is 0.898. The van der Waals surface area contributed by atoms with E-state index in [2.05, 4.69) is 30.3 Å². The summed E-state index contributed by atoms with van der Waals surface area (Å²) in [5, 5.41) is 2.45. The van der Waals surface area contributed by atoms with Gasteiger partial charge in [0, 0.05) is 6.04 Å². The van der Waals surface area contributed by atoms with Gasteiger partial charge in [-0.2, -0.15) is 0 Å². The number of ether oxygens (including phenoxy) is 1. The molecule has 0 radical (unpaired) electrons. The van der Waals surface area contributed by atoms with Gasteiger partial charge < -0.3 is 10.5 Å². The molecule has 1 atom stereocenters. The molecule has 3 rings (SSSR count). The summed E-state index contributed by atoms with van der Waals surface area (Å²) in [6.45, 7) is 0. The zero-order valence-electron chi connectivity index (χ0n) is 11.4. The maximum absolute atomic E-state index is 6.42. The summed E-state index contributed by atoms with van der Waals surface area (Å²) in [5.74, 6) is 1.57. The van der Waals surface area contributed by atoms with Crippen molar-refractivity contribution in [2.24, 2.45) is 11.7 Å². The van der Waals surface area contributed by atoms with Crippen LogP contribution in [-0.4, -0.2) is 7.11 Å². The van der Waals surface area contributed by atoms with Crippen LogP contribution >= 0.6 is 0 Å². The molecule has 100 valence electrons. The first-order valence-corrected chi connectivity index (χ1v) is 7.11. The second-order valence-electron chi connectivity index (χ2n) is 5.54. The standard InChI is InChI=1S/C17H21NO/c1-19-16-9-8-13-10-15(7-6-14(13)11-16)17(18)12-4-2-3-5-12/h6-12,17H,2-5,18H2,1H3. The number of rotatable bonds is 3. The molecule has 1 saturated carbocycles. The summed E-state index contributed by atoms with van der Waals surface area (Å²) >= 11 is 0. The van der Waals surface area contributed by atoms with Crippen LogP contribution in [0.4, 0.5) is 0 Å². The highest BCUT2D eigenvalue weighted by molar-refractivity contribution is 5.84. The van der Waals surface area contributed by atoms with Crippen LogP contribution in [0, 0.1) is 5.92 Å². The third-order valence-electron chi connectivity index (χ3n) is 4.36. The van der Waals surface area contributed by atoms with Gasteiger partial charge in [-0.05, 0) is 53.3 Å². The van der Waals surface area contributed by atoms with Crippen LogP contribution in [0.2, 0.25) is 0 Å². The van der Waals surface area contributed by atoms with E-state index in [0.29, 0.717) is 5.92 Å². The predicted octanol–water partition coefficient (Wildman–Crippen LogP) is 4.04. The third-order valence-corrected chi connectivity index (χ3v) is 4.36. The first-order chi connectivity index (χ1) is 9.28. The molecule has 0 aromatic heterocycles. The van der Waals surface area contributed by atoms with Gasteiger partial charge >= 0.3 is 0 Å². The first kappa shape index (κ1) is 12.5. The largest absolute Gasteiger partial charge is 0.497 e. The van der Waals surface area contributed by atoms with Crippen molar-refractivity contribution >= 4 is 10.8 Å². The molecule has 2 N–H and O–H groups in total. The fraction of sp³-hybridized carbons (Fsp3) is 0.412. The summed E-state index contributed by atoms with van der Waals surface area (Å²) in [4.78, 5) is 0. The van der Waals surface area contributed by atoms with E-state index in [9.17, 15) is 0 Å². The Labute approximate surface area is 114 Å². The number of fused-ring (bicyclic) bond motifs is 1. The lowest BCUT2D eigenvalue weighted by atomic mass is 9.91. The van der Waals surface area contributed by atoms with Crippen molar-refractivity contribution in [3.05, 3.63) is 42.0 Å². The van der Waals surface area contributed by atoms with Gasteiger partial charge in [-0.15, -0.1) is 0 Å². The fourth-order valence-electron chi connectivity index (χ4n) is 3.17. The summed E-state index contributed by atoms with van der Waals surface area (Å²) in [6.07, 6.45) is 5.23. The summed E-state index contributed by atoms with van der Waals surface area (Å²) in [5.41, 5.74) is 7.69. The summed E-state index contributed by atoms with van der Waals surface area (Å²) in [6, 6.07) is 12.9. The highest BCUT2D eigenvalue weighted by Gasteiger charge is 2.23. The van der Waals surface area contributed by atoms with Crippen molar-refractivity contribution in [2.75, 3.05) is 7.11 Å². The minimum atomic E-state index is 0.189. The Hall–Kier alpha value is -1.54. The van der Waals surface area contributed by atoms with Crippen molar-refractivity contribution in [2.45, 2.75) is 31.7 Å². The van der Waals surface area contributed by atoms with Crippen LogP contribution in [-0.2, 0) is 0 Å². The number of methoxy groups -OCH3 is 1. The molecule has 0 heterocycles. The molecule has 2 heteroatoms. The Bertz CT molecular complexity index is 572. The van der Waals surface area contributed by atoms with E-state index in [0.717, 1.165) is 5.75 Å². The van der Waals surface area contributed by atoms with E-state index in [1.807, 2.05) is 6.07 Å². The van der Waals surface area contributed by atoms with Gasteiger partial charge in [0.05, 0.1) is 7.11 Å². The van der Waals surface area contributed by atoms with Crippen molar-refractivity contribution in [1.82, 2.24) is 0 Å². The molecule has 0 amide bonds. The summed E-state index contributed by atoms with van der Waals surface area (Å²) in [7, 11) is 1.70. The van der Waals surface area contributed by atoms with Gasteiger partial charge in [0.2, 0.25) is 0 Å². The van der Waals surface area contributed by atoms with Crippen LogP contribution in [0.25, 0.3) is 10.8 Å². The van der Waals surface area contributed by atoms with E-state index >= 15 is 0 Å². The van der Waals surface area contributed by atoms with E-state index in [1.165, 1.54) is 42.0 Å². The van der Waals surface area contributed by atoms with Gasteiger partial charge in [-0.1, -0.05) is 31.0 Å². The molecule has 1 unspecified atom stereocenters. The molecule has 1 aliphatic carbocycles. The number of hydrogen-bond donors (Lipinski definition) is 1. The van der Waals surface area contributed by atoms with Gasteiger partial charge in [-0.3, -0.25) is 0 Å². The Morgan fingerprint density at radius 2 is 1.74 bits per heavy atom. The van der Waals surface area contributed by atoms with E-state index in [-0.39, 0.29) is 6.04 Å². The minimum absolute atomic E-state index is 0.189. The van der Waals surface area contributed by atoms with E-state index in [4.69, 9.17) is 10.5 Å². The zero-order chi connectivity index (χ0) is 13.2. The first-order valence-electron chi connectivity index (χ1n) is 7.11. The lowest BCUT2D eigenvalue weighted by Gasteiger charge is -2.19. The monoisotopic (exact) mass is 255 g/mol. The van der Waals surface area contributed by atoms with Gasteiger partial charge in [-0.25, -0.2) is 0 Å². The van der Waals surface area contributed by atoms with Crippen molar-refractivity contribution < 1.29 is 4.74 Å². The molecule has 0 bridgehead atoms. The number of hydrogen-bond acceptors (Lipinski definition) is 2.